The van der Waals surface area contributed by atoms with E-state index >= 15 is 0 Å². The van der Waals surface area contributed by atoms with Crippen LogP contribution in [0.5, 0.6) is 0 Å². The number of nitrogens with one attached hydrogen (secondary N) is 1. The number of carbonyl (C=O) groups excluding carboxylic acids is 3. The molecule has 0 radical (unpaired) electrons. The van der Waals surface area contributed by atoms with Crippen LogP contribution in [-0.4, -0.2) is 72.3 Å². The van der Waals surface area contributed by atoms with Gasteiger partial charge >= 0.3 is 59.8 Å². The van der Waals surface area contributed by atoms with Crippen molar-refractivity contribution in [1.82, 2.24) is 0 Å². The second-order valence-electron chi connectivity index (χ2n) is 7.67. The molecule has 0 bridgehead atoms. The summed E-state index contributed by atoms with van der Waals surface area (Å²) in [7, 11) is 0. The summed E-state index contributed by atoms with van der Waals surface area (Å²) in [4.78, 5) is 34.5. The summed E-state index contributed by atoms with van der Waals surface area (Å²) in [5.74, 6) is -64.2. The minimum atomic E-state index is -8.69. The molecule has 1 aromatic heterocycles. The molecule has 0 aliphatic carbocycles. The maximum atomic E-state index is 14.2. The lowest BCUT2D eigenvalue weighted by Crippen LogP contribution is -2.74. The molecule has 0 fully saturated rings. The third-order valence-corrected chi connectivity index (χ3v) is 6.25. The number of hydrogen-bond donors (Lipinski definition) is 2. The number of anilines is 1. The first-order valence-electron chi connectivity index (χ1n) is 9.88. The van der Waals surface area contributed by atoms with E-state index in [2.05, 4.69) is 4.74 Å². The van der Waals surface area contributed by atoms with Crippen molar-refractivity contribution in [3.63, 3.8) is 0 Å². The molecule has 6 nitrogen and oxygen atoms in total. The van der Waals surface area contributed by atoms with Gasteiger partial charge in [0, 0.05) is 0 Å². The zero-order valence-electron chi connectivity index (χ0n) is 19.5. The van der Waals surface area contributed by atoms with Gasteiger partial charge in [-0.3, -0.25) is 9.59 Å². The van der Waals surface area contributed by atoms with Gasteiger partial charge in [0.1, 0.15) is 5.00 Å². The molecule has 0 atom stereocenters. The van der Waals surface area contributed by atoms with Crippen LogP contribution >= 0.6 is 11.3 Å². The number of thiophene rings is 1. The topological polar surface area (TPSA) is 98.5 Å². The van der Waals surface area contributed by atoms with Crippen LogP contribution in [0.25, 0.3) is 0 Å². The Morgan fingerprint density at radius 2 is 1.22 bits per heavy atom. The molecule has 41 heavy (non-hydrogen) atoms. The van der Waals surface area contributed by atoms with Crippen molar-refractivity contribution in [2.24, 2.45) is 5.73 Å². The quantitative estimate of drug-likeness (QED) is 0.214. The summed E-state index contributed by atoms with van der Waals surface area (Å²) in [5, 5.41) is -0.752. The summed E-state index contributed by atoms with van der Waals surface area (Å²) in [6.07, 6.45) is -5.99. The monoisotopic (exact) mass is 656 g/mol. The molecule has 23 heteroatoms. The van der Waals surface area contributed by atoms with Gasteiger partial charge in [-0.25, -0.2) is 13.6 Å². The highest BCUT2D eigenvalue weighted by Gasteiger charge is 2.94. The molecule has 1 heterocycles. The molecule has 1 rings (SSSR count). The molecule has 3 N–H and O–H groups in total. The molecular weight excluding hydrogens is 644 g/mol. The van der Waals surface area contributed by atoms with Crippen LogP contribution in [-0.2, 0) is 9.53 Å². The highest BCUT2D eigenvalue weighted by molar-refractivity contribution is 7.18. The maximum Gasteiger partial charge on any atom is 0.393 e. The first-order valence-corrected chi connectivity index (χ1v) is 10.7. The van der Waals surface area contributed by atoms with E-state index in [1.807, 2.05) is 0 Å². The van der Waals surface area contributed by atoms with Gasteiger partial charge < -0.3 is 15.8 Å². The van der Waals surface area contributed by atoms with Gasteiger partial charge in [-0.05, 0) is 19.4 Å². The van der Waals surface area contributed by atoms with E-state index < -0.39 is 93.3 Å². The average molecular weight is 656 g/mol. The molecule has 0 aromatic carbocycles. The molecule has 0 unspecified atom stereocenters. The minimum absolute atomic E-state index is 0.265. The van der Waals surface area contributed by atoms with Gasteiger partial charge in [-0.2, -0.15) is 61.5 Å². The first kappa shape index (κ1) is 36.0. The molecule has 0 spiro atoms. The molecule has 1 aromatic rings. The summed E-state index contributed by atoms with van der Waals surface area (Å²) in [5.41, 5.74) is 3.22. The van der Waals surface area contributed by atoms with Gasteiger partial charge in [0.2, 0.25) is 0 Å². The van der Waals surface area contributed by atoms with Crippen molar-refractivity contribution >= 4 is 34.1 Å². The standard InChI is InChI=1S/C18H12F16N2O4S/c1-3-40-9(38)5-4(2)6(7(35)37)41-8(5)36-11(39)13(23,24)15(27,28)17(31,32)18(33,34)16(29,30)14(25,26)12(21,22)10(19)20/h10H,3H2,1-2H3,(H2,35,37)(H,36,39). The molecule has 2 amide bonds. The summed E-state index contributed by atoms with van der Waals surface area (Å²) in [6.45, 7) is 1.46. The fourth-order valence-electron chi connectivity index (χ4n) is 2.74. The normalized spacial score (nSPS) is 14.3. The zero-order chi connectivity index (χ0) is 32.9. The molecule has 0 saturated heterocycles. The number of halogens is 16. The largest absolute Gasteiger partial charge is 0.462 e. The Hall–Kier alpha value is -3.01. The van der Waals surface area contributed by atoms with Gasteiger partial charge in [-0.15, -0.1) is 11.3 Å². The molecule has 0 saturated carbocycles. The van der Waals surface area contributed by atoms with E-state index in [0.717, 1.165) is 13.8 Å². The molecule has 0 aliphatic rings. The number of esters is 1. The van der Waals surface area contributed by atoms with Crippen molar-refractivity contribution in [2.75, 3.05) is 11.9 Å². The van der Waals surface area contributed by atoms with Crippen molar-refractivity contribution in [3.8, 4) is 0 Å². The van der Waals surface area contributed by atoms with Crippen LogP contribution in [0, 0.1) is 6.92 Å². The van der Waals surface area contributed by atoms with E-state index in [4.69, 9.17) is 5.73 Å². The Morgan fingerprint density at radius 1 is 0.805 bits per heavy atom. The summed E-state index contributed by atoms with van der Waals surface area (Å²) < 4.78 is 220. The number of rotatable bonds is 12. The number of carbonyl (C=O) groups is 3. The van der Waals surface area contributed by atoms with Crippen LogP contribution in [0.15, 0.2) is 0 Å². The SMILES string of the molecule is CCOC(=O)c1c(NC(=O)C(F)(F)C(F)(F)C(F)(F)C(F)(F)C(F)(F)C(F)(F)C(F)(F)C(F)F)sc(C(N)=O)c1C. The van der Waals surface area contributed by atoms with E-state index in [0.29, 0.717) is 5.32 Å². The third kappa shape index (κ3) is 5.13. The van der Waals surface area contributed by atoms with Gasteiger partial charge in [-0.1, -0.05) is 0 Å². The smallest absolute Gasteiger partial charge is 0.393 e. The van der Waals surface area contributed by atoms with Gasteiger partial charge in [0.05, 0.1) is 17.0 Å². The number of nitrogens with two attached hydrogens (primary N) is 1. The maximum absolute atomic E-state index is 14.2. The highest BCUT2D eigenvalue weighted by atomic mass is 32.1. The molecule has 236 valence electrons. The summed E-state index contributed by atoms with van der Waals surface area (Å²) in [6, 6.07) is 0. The Labute approximate surface area is 219 Å². The number of alkyl halides is 16. The van der Waals surface area contributed by atoms with Crippen LogP contribution in [0.4, 0.5) is 75.2 Å². The fourth-order valence-corrected chi connectivity index (χ4v) is 3.79. The average Bonchev–Trinajstić information content (AvgIpc) is 3.13. The van der Waals surface area contributed by atoms with E-state index in [9.17, 15) is 84.6 Å². The van der Waals surface area contributed by atoms with Crippen molar-refractivity contribution in [3.05, 3.63) is 16.0 Å². The highest BCUT2D eigenvalue weighted by Crippen LogP contribution is 2.62. The van der Waals surface area contributed by atoms with Gasteiger partial charge in [0.25, 0.3) is 5.91 Å². The van der Waals surface area contributed by atoms with E-state index in [1.54, 1.807) is 0 Å². The first-order chi connectivity index (χ1) is 18.0. The number of primary amides is 1. The third-order valence-electron chi connectivity index (χ3n) is 5.03. The number of ether oxygens (including phenoxy) is 1. The van der Waals surface area contributed by atoms with Crippen LogP contribution < -0.4 is 11.1 Å². The Morgan fingerprint density at radius 3 is 1.61 bits per heavy atom. The summed E-state index contributed by atoms with van der Waals surface area (Å²) >= 11 is -0.265. The zero-order valence-corrected chi connectivity index (χ0v) is 20.3. The lowest BCUT2D eigenvalue weighted by atomic mass is 9.89. The fraction of sp³-hybridized carbons (Fsp3) is 0.611. The lowest BCUT2D eigenvalue weighted by molar-refractivity contribution is -0.443. The second-order valence-corrected chi connectivity index (χ2v) is 8.69. The molecular formula is C18H12F16N2O4S. The minimum Gasteiger partial charge on any atom is -0.462 e. The van der Waals surface area contributed by atoms with Crippen LogP contribution in [0.2, 0.25) is 0 Å². The number of amides is 2. The lowest BCUT2D eigenvalue weighted by Gasteiger charge is -2.42. The predicted molar refractivity (Wildman–Crippen MR) is 103 cm³/mol. The van der Waals surface area contributed by atoms with Crippen molar-refractivity contribution in [1.29, 1.82) is 0 Å². The predicted octanol–water partition coefficient (Wildman–Crippen LogP) is 5.98. The van der Waals surface area contributed by atoms with Crippen molar-refractivity contribution in [2.45, 2.75) is 61.7 Å². The van der Waals surface area contributed by atoms with Crippen molar-refractivity contribution < 1.29 is 89.4 Å². The van der Waals surface area contributed by atoms with E-state index in [1.165, 1.54) is 0 Å². The Bertz CT molecular complexity index is 1200. The molecule has 0 aliphatic heterocycles. The van der Waals surface area contributed by atoms with Gasteiger partial charge in [0.15, 0.2) is 0 Å². The number of hydrogen-bond acceptors (Lipinski definition) is 5. The second kappa shape index (κ2) is 10.7. The Kier molecular flexibility index (Phi) is 9.38. The van der Waals surface area contributed by atoms with Crippen LogP contribution in [0.3, 0.4) is 0 Å². The van der Waals surface area contributed by atoms with Crippen LogP contribution in [0.1, 0.15) is 32.5 Å². The van der Waals surface area contributed by atoms with E-state index in [-0.39, 0.29) is 11.3 Å². The Balaban J connectivity index is 3.69.